The third-order valence-electron chi connectivity index (χ3n) is 5.76. The van der Waals surface area contributed by atoms with Gasteiger partial charge in [0.25, 0.3) is 11.6 Å². The SMILES string of the molecule is Cc1cc(C)c2sc(N(CCCN3CCOCC3)C(=O)/C=C/c3cccc([N+](=O)[O-])c3)nc2c1. The Morgan fingerprint density at radius 1 is 1.26 bits per heavy atom. The van der Waals surface area contributed by atoms with Gasteiger partial charge in [-0.1, -0.05) is 29.5 Å². The molecule has 0 atom stereocenters. The highest BCUT2D eigenvalue weighted by Gasteiger charge is 2.20. The highest BCUT2D eigenvalue weighted by Crippen LogP contribution is 2.32. The van der Waals surface area contributed by atoms with Crippen molar-refractivity contribution in [1.82, 2.24) is 9.88 Å². The van der Waals surface area contributed by atoms with Crippen LogP contribution in [0.4, 0.5) is 10.8 Å². The Hall–Kier alpha value is -3.14. The summed E-state index contributed by atoms with van der Waals surface area (Å²) in [6.07, 6.45) is 3.90. The summed E-state index contributed by atoms with van der Waals surface area (Å²) < 4.78 is 6.50. The Morgan fingerprint density at radius 3 is 2.82 bits per heavy atom. The number of thiazole rings is 1. The van der Waals surface area contributed by atoms with Gasteiger partial charge in [-0.05, 0) is 49.1 Å². The van der Waals surface area contributed by atoms with Crippen molar-refractivity contribution in [3.05, 3.63) is 69.3 Å². The highest BCUT2D eigenvalue weighted by molar-refractivity contribution is 7.22. The summed E-state index contributed by atoms with van der Waals surface area (Å²) in [5.41, 5.74) is 3.77. The van der Waals surface area contributed by atoms with Crippen molar-refractivity contribution < 1.29 is 14.5 Å². The van der Waals surface area contributed by atoms with Gasteiger partial charge in [-0.3, -0.25) is 24.7 Å². The van der Waals surface area contributed by atoms with Gasteiger partial charge in [0.15, 0.2) is 5.13 Å². The summed E-state index contributed by atoms with van der Waals surface area (Å²) in [4.78, 5) is 32.7. The van der Waals surface area contributed by atoms with E-state index in [2.05, 4.69) is 17.9 Å². The molecule has 8 nitrogen and oxygen atoms in total. The third kappa shape index (κ3) is 5.85. The van der Waals surface area contributed by atoms with Crippen LogP contribution in [0.1, 0.15) is 23.1 Å². The predicted octanol–water partition coefficient (Wildman–Crippen LogP) is 4.59. The Morgan fingerprint density at radius 2 is 2.06 bits per heavy atom. The molecule has 1 aliphatic rings. The molecule has 9 heteroatoms. The van der Waals surface area contributed by atoms with Crippen molar-refractivity contribution in [2.24, 2.45) is 0 Å². The number of carbonyl (C=O) groups is 1. The molecular formula is C25H28N4O4S. The van der Waals surface area contributed by atoms with Crippen molar-refractivity contribution in [1.29, 1.82) is 0 Å². The number of carbonyl (C=O) groups excluding carboxylic acids is 1. The van der Waals surface area contributed by atoms with Gasteiger partial charge in [0.05, 0.1) is 28.4 Å². The maximum atomic E-state index is 13.3. The standard InChI is InChI=1S/C25H28N4O4S/c1-18-15-19(2)24-22(16-18)26-25(34-24)28(10-4-9-27-11-13-33-14-12-27)23(30)8-7-20-5-3-6-21(17-20)29(31)32/h3,5-8,15-17H,4,9-14H2,1-2H3/b8-7+. The maximum absolute atomic E-state index is 13.3. The first-order chi connectivity index (χ1) is 16.4. The van der Waals surface area contributed by atoms with Crippen molar-refractivity contribution in [3.8, 4) is 0 Å². The lowest BCUT2D eigenvalue weighted by atomic mass is 10.1. The Balaban J connectivity index is 1.56. The van der Waals surface area contributed by atoms with Gasteiger partial charge in [-0.2, -0.15) is 0 Å². The molecule has 0 aliphatic carbocycles. The van der Waals surface area contributed by atoms with Crippen molar-refractivity contribution in [2.45, 2.75) is 20.3 Å². The normalized spacial score (nSPS) is 14.6. The zero-order chi connectivity index (χ0) is 24.1. The molecule has 1 aromatic heterocycles. The van der Waals surface area contributed by atoms with Gasteiger partial charge < -0.3 is 4.74 Å². The maximum Gasteiger partial charge on any atom is 0.270 e. The molecule has 0 spiro atoms. The summed E-state index contributed by atoms with van der Waals surface area (Å²) in [6, 6.07) is 10.4. The summed E-state index contributed by atoms with van der Waals surface area (Å²) in [7, 11) is 0. The number of non-ortho nitro benzene ring substituents is 1. The van der Waals surface area contributed by atoms with Crippen molar-refractivity contribution in [2.75, 3.05) is 44.3 Å². The number of nitrogens with zero attached hydrogens (tertiary/aromatic N) is 4. The van der Waals surface area contributed by atoms with E-state index in [1.807, 2.05) is 13.0 Å². The first-order valence-corrected chi connectivity index (χ1v) is 12.1. The van der Waals surface area contributed by atoms with Crippen LogP contribution in [-0.4, -0.2) is 60.1 Å². The number of benzene rings is 2. The number of aromatic nitrogens is 1. The summed E-state index contributed by atoms with van der Waals surface area (Å²) in [5.74, 6) is -0.193. The second-order valence-electron chi connectivity index (χ2n) is 8.41. The molecule has 1 aliphatic heterocycles. The van der Waals surface area contributed by atoms with Crippen LogP contribution in [-0.2, 0) is 9.53 Å². The quantitative estimate of drug-likeness (QED) is 0.266. The van der Waals surface area contributed by atoms with Crippen molar-refractivity contribution in [3.63, 3.8) is 0 Å². The molecule has 0 saturated carbocycles. The largest absolute Gasteiger partial charge is 0.379 e. The molecule has 2 aromatic carbocycles. The molecule has 0 bridgehead atoms. The molecule has 0 radical (unpaired) electrons. The van der Waals surface area contributed by atoms with Crippen LogP contribution in [0.25, 0.3) is 16.3 Å². The van der Waals surface area contributed by atoms with Crippen LogP contribution in [0, 0.1) is 24.0 Å². The molecule has 0 N–H and O–H groups in total. The Bertz CT molecular complexity index is 1220. The number of nitro benzene ring substituents is 1. The molecule has 1 fully saturated rings. The number of morpholine rings is 1. The first kappa shape index (κ1) is 24.0. The van der Waals surface area contributed by atoms with E-state index in [4.69, 9.17) is 9.72 Å². The van der Waals surface area contributed by atoms with Gasteiger partial charge in [0, 0.05) is 44.4 Å². The van der Waals surface area contributed by atoms with E-state index >= 15 is 0 Å². The fraction of sp³-hybridized carbons (Fsp3) is 0.360. The molecule has 4 rings (SSSR count). The predicted molar refractivity (Wildman–Crippen MR) is 135 cm³/mol. The fourth-order valence-corrected chi connectivity index (χ4v) is 5.10. The Kier molecular flexibility index (Phi) is 7.66. The lowest BCUT2D eigenvalue weighted by Gasteiger charge is -2.27. The number of fused-ring (bicyclic) bond motifs is 1. The van der Waals surface area contributed by atoms with Gasteiger partial charge in [0.2, 0.25) is 0 Å². The number of ether oxygens (including phenoxy) is 1. The minimum atomic E-state index is -0.442. The molecular weight excluding hydrogens is 452 g/mol. The monoisotopic (exact) mass is 480 g/mol. The molecule has 1 amide bonds. The minimum absolute atomic E-state index is 0.00557. The lowest BCUT2D eigenvalue weighted by Crippen LogP contribution is -2.39. The molecule has 0 unspecified atom stereocenters. The van der Waals surface area contributed by atoms with Crippen LogP contribution >= 0.6 is 11.3 Å². The van der Waals surface area contributed by atoms with Gasteiger partial charge in [-0.15, -0.1) is 0 Å². The molecule has 34 heavy (non-hydrogen) atoms. The summed E-state index contributed by atoms with van der Waals surface area (Å²) in [5, 5.41) is 11.7. The fourth-order valence-electron chi connectivity index (χ4n) is 4.06. The number of anilines is 1. The number of amides is 1. The second kappa shape index (κ2) is 10.9. The molecule has 2 heterocycles. The topological polar surface area (TPSA) is 88.8 Å². The van der Waals surface area contributed by atoms with Crippen LogP contribution in [0.2, 0.25) is 0 Å². The zero-order valence-corrected chi connectivity index (χ0v) is 20.2. The van der Waals surface area contributed by atoms with E-state index < -0.39 is 4.92 Å². The smallest absolute Gasteiger partial charge is 0.270 e. The third-order valence-corrected chi connectivity index (χ3v) is 6.99. The number of rotatable bonds is 8. The van der Waals surface area contributed by atoms with Gasteiger partial charge >= 0.3 is 0 Å². The van der Waals surface area contributed by atoms with E-state index in [-0.39, 0.29) is 11.6 Å². The summed E-state index contributed by atoms with van der Waals surface area (Å²) in [6.45, 7) is 8.80. The van der Waals surface area contributed by atoms with Crippen LogP contribution in [0.15, 0.2) is 42.5 Å². The first-order valence-electron chi connectivity index (χ1n) is 11.3. The van der Waals surface area contributed by atoms with E-state index in [1.54, 1.807) is 23.1 Å². The highest BCUT2D eigenvalue weighted by atomic mass is 32.1. The molecule has 1 saturated heterocycles. The number of aryl methyl sites for hydroxylation is 2. The second-order valence-corrected chi connectivity index (χ2v) is 9.39. The van der Waals surface area contributed by atoms with Crippen LogP contribution < -0.4 is 4.90 Å². The van der Waals surface area contributed by atoms with Crippen molar-refractivity contribution >= 4 is 44.4 Å². The summed E-state index contributed by atoms with van der Waals surface area (Å²) >= 11 is 1.52. The minimum Gasteiger partial charge on any atom is -0.379 e. The number of hydrogen-bond donors (Lipinski definition) is 0. The Labute approximate surface area is 202 Å². The lowest BCUT2D eigenvalue weighted by molar-refractivity contribution is -0.384. The van der Waals surface area contributed by atoms with Crippen LogP contribution in [0.3, 0.4) is 0 Å². The number of hydrogen-bond acceptors (Lipinski definition) is 7. The molecule has 3 aromatic rings. The van der Waals surface area contributed by atoms with Crippen LogP contribution in [0.5, 0.6) is 0 Å². The average molecular weight is 481 g/mol. The molecule has 178 valence electrons. The number of nitro groups is 1. The average Bonchev–Trinajstić information content (AvgIpc) is 3.25. The van der Waals surface area contributed by atoms with E-state index in [1.165, 1.54) is 29.5 Å². The van der Waals surface area contributed by atoms with E-state index in [9.17, 15) is 14.9 Å². The van der Waals surface area contributed by atoms with E-state index in [0.29, 0.717) is 17.2 Å². The van der Waals surface area contributed by atoms with E-state index in [0.717, 1.165) is 60.6 Å². The zero-order valence-electron chi connectivity index (χ0n) is 19.4. The van der Waals surface area contributed by atoms with Gasteiger partial charge in [-0.25, -0.2) is 4.98 Å². The van der Waals surface area contributed by atoms with Gasteiger partial charge in [0.1, 0.15) is 0 Å².